The molecular weight excluding hydrogens is 292 g/mol. The predicted octanol–water partition coefficient (Wildman–Crippen LogP) is 6.20. The molecule has 0 saturated heterocycles. The molecule has 0 aromatic carbocycles. The lowest BCUT2D eigenvalue weighted by molar-refractivity contribution is -0.00205. The maximum atomic E-state index is 9.68. The van der Waals surface area contributed by atoms with Crippen LogP contribution in [0.5, 0.6) is 0 Å². The van der Waals surface area contributed by atoms with Gasteiger partial charge in [0.25, 0.3) is 0 Å². The maximum absolute atomic E-state index is 9.68. The molecule has 0 aromatic heterocycles. The van der Waals surface area contributed by atoms with Crippen LogP contribution in [0.1, 0.15) is 96.8 Å². The van der Waals surface area contributed by atoms with E-state index < -0.39 is 0 Å². The first-order chi connectivity index (χ1) is 11.7. The molecule has 0 aliphatic heterocycles. The van der Waals surface area contributed by atoms with Gasteiger partial charge in [0, 0.05) is 0 Å². The molecule has 0 amide bonds. The molecule has 0 aromatic rings. The Hall–Kier alpha value is -0.0400. The number of aliphatic hydroxyl groups excluding tert-OH is 1. The maximum Gasteiger partial charge on any atom is 0.0540 e. The second-order valence-electron chi connectivity index (χ2n) is 10.3. The van der Waals surface area contributed by atoms with Crippen molar-refractivity contribution in [2.45, 2.75) is 103 Å². The van der Waals surface area contributed by atoms with Crippen molar-refractivity contribution in [1.82, 2.24) is 0 Å². The van der Waals surface area contributed by atoms with Gasteiger partial charge in [-0.25, -0.2) is 0 Å². The Balaban J connectivity index is 1.25. The first-order valence-corrected chi connectivity index (χ1v) is 11.4. The van der Waals surface area contributed by atoms with Crippen molar-refractivity contribution in [1.29, 1.82) is 0 Å². The molecule has 1 N–H and O–H groups in total. The van der Waals surface area contributed by atoms with E-state index in [4.69, 9.17) is 0 Å². The molecule has 4 rings (SSSR count). The van der Waals surface area contributed by atoms with Crippen molar-refractivity contribution in [3.05, 3.63) is 0 Å². The van der Waals surface area contributed by atoms with Gasteiger partial charge in [0.1, 0.15) is 0 Å². The average molecular weight is 333 g/mol. The predicted molar refractivity (Wildman–Crippen MR) is 101 cm³/mol. The highest BCUT2D eigenvalue weighted by Gasteiger charge is 2.43. The van der Waals surface area contributed by atoms with Crippen LogP contribution in [0.3, 0.4) is 0 Å². The van der Waals surface area contributed by atoms with E-state index >= 15 is 0 Å². The number of aliphatic hydroxyl groups is 1. The number of hydrogen-bond acceptors (Lipinski definition) is 1. The summed E-state index contributed by atoms with van der Waals surface area (Å²) in [5, 5.41) is 9.68. The third kappa shape index (κ3) is 3.87. The summed E-state index contributed by atoms with van der Waals surface area (Å²) in [6, 6.07) is 0. The van der Waals surface area contributed by atoms with Gasteiger partial charge >= 0.3 is 0 Å². The van der Waals surface area contributed by atoms with Crippen LogP contribution in [0.4, 0.5) is 0 Å². The van der Waals surface area contributed by atoms with Crippen LogP contribution in [0, 0.1) is 41.4 Å². The minimum Gasteiger partial charge on any atom is -0.393 e. The molecule has 138 valence electrons. The number of rotatable bonds is 3. The van der Waals surface area contributed by atoms with Crippen LogP contribution < -0.4 is 0 Å². The molecule has 4 saturated carbocycles. The Bertz CT molecular complexity index is 397. The topological polar surface area (TPSA) is 20.2 Å². The summed E-state index contributed by atoms with van der Waals surface area (Å²) in [7, 11) is 0. The van der Waals surface area contributed by atoms with E-state index in [1.54, 1.807) is 38.5 Å². The van der Waals surface area contributed by atoms with Crippen LogP contribution in [-0.2, 0) is 0 Å². The molecule has 0 spiro atoms. The quantitative estimate of drug-likeness (QED) is 0.652. The molecule has 0 heterocycles. The van der Waals surface area contributed by atoms with E-state index in [-0.39, 0.29) is 6.10 Å². The van der Waals surface area contributed by atoms with Crippen molar-refractivity contribution in [3.8, 4) is 0 Å². The average Bonchev–Trinajstić information content (AvgIpc) is 2.60. The smallest absolute Gasteiger partial charge is 0.0540 e. The van der Waals surface area contributed by atoms with Gasteiger partial charge in [-0.15, -0.1) is 0 Å². The van der Waals surface area contributed by atoms with Gasteiger partial charge in [-0.1, -0.05) is 32.6 Å². The lowest BCUT2D eigenvalue weighted by Gasteiger charge is -2.50. The molecule has 0 bridgehead atoms. The Labute approximate surface area is 150 Å². The van der Waals surface area contributed by atoms with Crippen molar-refractivity contribution in [3.63, 3.8) is 0 Å². The summed E-state index contributed by atoms with van der Waals surface area (Å²) >= 11 is 0. The van der Waals surface area contributed by atoms with Crippen LogP contribution >= 0.6 is 0 Å². The molecule has 6 atom stereocenters. The van der Waals surface area contributed by atoms with E-state index in [0.29, 0.717) is 0 Å². The molecular formula is C23H40O. The van der Waals surface area contributed by atoms with Gasteiger partial charge in [0.05, 0.1) is 6.10 Å². The summed E-state index contributed by atoms with van der Waals surface area (Å²) in [6.07, 6.45) is 20.1. The molecule has 6 unspecified atom stereocenters. The van der Waals surface area contributed by atoms with E-state index in [0.717, 1.165) is 54.3 Å². The summed E-state index contributed by atoms with van der Waals surface area (Å²) in [6.45, 7) is 2.49. The highest BCUT2D eigenvalue weighted by atomic mass is 16.3. The normalized spacial score (nSPS) is 49.2. The highest BCUT2D eigenvalue weighted by molar-refractivity contribution is 4.94. The standard InChI is InChI=1S/C23H40O/c1-16-2-12-22-19(14-16)8-9-20-15-18(7-13-23(20)22)4-3-17-5-10-21(24)11-6-17/h16-24H,2-15H2,1H3. The number of fused-ring (bicyclic) bond motifs is 3. The van der Waals surface area contributed by atoms with E-state index in [1.165, 1.54) is 38.5 Å². The molecule has 1 nitrogen and oxygen atoms in total. The largest absolute Gasteiger partial charge is 0.393 e. The summed E-state index contributed by atoms with van der Waals surface area (Å²) in [4.78, 5) is 0. The number of hydrogen-bond donors (Lipinski definition) is 1. The van der Waals surface area contributed by atoms with E-state index in [9.17, 15) is 5.11 Å². The lowest BCUT2D eigenvalue weighted by Crippen LogP contribution is -2.41. The molecule has 4 aliphatic rings. The van der Waals surface area contributed by atoms with E-state index in [1.807, 2.05) is 0 Å². The summed E-state index contributed by atoms with van der Waals surface area (Å²) < 4.78 is 0. The fraction of sp³-hybridized carbons (Fsp3) is 1.00. The van der Waals surface area contributed by atoms with E-state index in [2.05, 4.69) is 6.92 Å². The Morgan fingerprint density at radius 2 is 1.21 bits per heavy atom. The minimum atomic E-state index is 0.0186. The zero-order valence-electron chi connectivity index (χ0n) is 16.0. The summed E-state index contributed by atoms with van der Waals surface area (Å²) in [5.74, 6) is 7.39. The second kappa shape index (κ2) is 7.68. The molecule has 4 aliphatic carbocycles. The molecule has 24 heavy (non-hydrogen) atoms. The SMILES string of the molecule is CC1CCC2C(CCC3CC(CCC4CCC(O)CC4)CCC32)C1. The van der Waals surface area contributed by atoms with Gasteiger partial charge in [0.15, 0.2) is 0 Å². The van der Waals surface area contributed by atoms with Crippen LogP contribution in [0.25, 0.3) is 0 Å². The molecule has 4 fully saturated rings. The van der Waals surface area contributed by atoms with Crippen LogP contribution in [-0.4, -0.2) is 11.2 Å². The van der Waals surface area contributed by atoms with Crippen LogP contribution in [0.2, 0.25) is 0 Å². The first kappa shape index (κ1) is 17.4. The fourth-order valence-electron chi connectivity index (χ4n) is 7.29. The Morgan fingerprint density at radius 3 is 1.96 bits per heavy atom. The monoisotopic (exact) mass is 332 g/mol. The molecule has 0 radical (unpaired) electrons. The van der Waals surface area contributed by atoms with Crippen molar-refractivity contribution in [2.24, 2.45) is 41.4 Å². The third-order valence-corrected chi connectivity index (χ3v) is 8.71. The zero-order valence-corrected chi connectivity index (χ0v) is 16.0. The van der Waals surface area contributed by atoms with Gasteiger partial charge in [-0.2, -0.15) is 0 Å². The van der Waals surface area contributed by atoms with Crippen molar-refractivity contribution < 1.29 is 5.11 Å². The lowest BCUT2D eigenvalue weighted by atomic mass is 9.55. The third-order valence-electron chi connectivity index (χ3n) is 8.71. The van der Waals surface area contributed by atoms with Gasteiger partial charge in [-0.05, 0) is 106 Å². The molecule has 1 heteroatoms. The second-order valence-corrected chi connectivity index (χ2v) is 10.3. The summed E-state index contributed by atoms with van der Waals surface area (Å²) in [5.41, 5.74) is 0. The first-order valence-electron chi connectivity index (χ1n) is 11.4. The van der Waals surface area contributed by atoms with Crippen LogP contribution in [0.15, 0.2) is 0 Å². The van der Waals surface area contributed by atoms with Crippen molar-refractivity contribution in [2.75, 3.05) is 0 Å². The minimum absolute atomic E-state index is 0.0186. The highest BCUT2D eigenvalue weighted by Crippen LogP contribution is 2.53. The fourth-order valence-corrected chi connectivity index (χ4v) is 7.29. The van der Waals surface area contributed by atoms with Crippen molar-refractivity contribution >= 4 is 0 Å². The van der Waals surface area contributed by atoms with Gasteiger partial charge in [-0.3, -0.25) is 0 Å². The zero-order chi connectivity index (χ0) is 16.5. The van der Waals surface area contributed by atoms with Gasteiger partial charge in [0.2, 0.25) is 0 Å². The Morgan fingerprint density at radius 1 is 0.625 bits per heavy atom. The Kier molecular flexibility index (Phi) is 5.56. The van der Waals surface area contributed by atoms with Gasteiger partial charge < -0.3 is 5.11 Å².